The summed E-state index contributed by atoms with van der Waals surface area (Å²) in [7, 11) is 0. The van der Waals surface area contributed by atoms with Crippen LogP contribution in [0.5, 0.6) is 0 Å². The molecule has 5 nitrogen and oxygen atoms in total. The Bertz CT molecular complexity index is 843. The van der Waals surface area contributed by atoms with E-state index in [1.807, 2.05) is 12.1 Å². The molecule has 2 aromatic carbocycles. The Kier molecular flexibility index (Phi) is 5.21. The Morgan fingerprint density at radius 1 is 1.00 bits per heavy atom. The average Bonchev–Trinajstić information content (AvgIpc) is 3.23. The van der Waals surface area contributed by atoms with E-state index in [1.165, 1.54) is 11.1 Å². The maximum Gasteiger partial charge on any atom is 0.253 e. The molecule has 1 saturated heterocycles. The number of carbonyl (C=O) groups is 2. The zero-order valence-corrected chi connectivity index (χ0v) is 15.2. The van der Waals surface area contributed by atoms with E-state index in [0.717, 1.165) is 32.1 Å². The Morgan fingerprint density at radius 3 is 2.74 bits per heavy atom. The molecule has 0 saturated carbocycles. The molecule has 0 unspecified atom stereocenters. The summed E-state index contributed by atoms with van der Waals surface area (Å²) in [4.78, 5) is 25.0. The average molecular weight is 364 g/mol. The van der Waals surface area contributed by atoms with Gasteiger partial charge in [-0.05, 0) is 61.4 Å². The second kappa shape index (κ2) is 7.92. The predicted octanol–water partition coefficient (Wildman–Crippen LogP) is 3.61. The maximum absolute atomic E-state index is 12.8. The minimum absolute atomic E-state index is 0.0348. The molecular formula is C22H24N2O3. The SMILES string of the molecule is O=C(N[C@H]1CCCc2ccccc21)c1cccc(NC(=O)[C@@H]2CCCO2)c1. The van der Waals surface area contributed by atoms with Gasteiger partial charge in [0.25, 0.3) is 11.8 Å². The molecule has 27 heavy (non-hydrogen) atoms. The lowest BCUT2D eigenvalue weighted by atomic mass is 9.87. The summed E-state index contributed by atoms with van der Waals surface area (Å²) < 4.78 is 5.41. The third-order valence-electron chi connectivity index (χ3n) is 5.29. The quantitative estimate of drug-likeness (QED) is 0.871. The van der Waals surface area contributed by atoms with Crippen LogP contribution in [0.3, 0.4) is 0 Å². The van der Waals surface area contributed by atoms with Gasteiger partial charge in [0.2, 0.25) is 0 Å². The van der Waals surface area contributed by atoms with Crippen LogP contribution in [-0.2, 0) is 16.0 Å². The lowest BCUT2D eigenvalue weighted by Gasteiger charge is -2.26. The van der Waals surface area contributed by atoms with Gasteiger partial charge in [0.1, 0.15) is 6.10 Å². The van der Waals surface area contributed by atoms with Gasteiger partial charge < -0.3 is 15.4 Å². The number of ether oxygens (including phenoxy) is 1. The fourth-order valence-corrected chi connectivity index (χ4v) is 3.89. The van der Waals surface area contributed by atoms with E-state index in [9.17, 15) is 9.59 Å². The topological polar surface area (TPSA) is 67.4 Å². The Morgan fingerprint density at radius 2 is 1.89 bits per heavy atom. The third kappa shape index (κ3) is 4.03. The zero-order chi connectivity index (χ0) is 18.6. The van der Waals surface area contributed by atoms with Crippen LogP contribution in [0.25, 0.3) is 0 Å². The molecule has 1 aliphatic heterocycles. The summed E-state index contributed by atoms with van der Waals surface area (Å²) in [5.41, 5.74) is 3.68. The minimum atomic E-state index is -0.388. The van der Waals surface area contributed by atoms with Gasteiger partial charge in [-0.15, -0.1) is 0 Å². The van der Waals surface area contributed by atoms with Crippen molar-refractivity contribution in [3.63, 3.8) is 0 Å². The number of hydrogen-bond acceptors (Lipinski definition) is 3. The fraction of sp³-hybridized carbons (Fsp3) is 0.364. The molecule has 1 fully saturated rings. The number of aryl methyl sites for hydroxylation is 1. The molecule has 2 aromatic rings. The minimum Gasteiger partial charge on any atom is -0.368 e. The molecule has 4 rings (SSSR count). The summed E-state index contributed by atoms with van der Waals surface area (Å²) in [6, 6.07) is 15.4. The standard InChI is InChI=1S/C22H24N2O3/c25-21(24-19-11-4-7-15-6-1-2-10-18(15)19)16-8-3-9-17(14-16)23-22(26)20-12-5-13-27-20/h1-3,6,8-10,14,19-20H,4-5,7,11-13H2,(H,23,26)(H,24,25)/t19-,20-/m0/s1. The van der Waals surface area contributed by atoms with Gasteiger partial charge in [-0.3, -0.25) is 9.59 Å². The van der Waals surface area contributed by atoms with Crippen LogP contribution >= 0.6 is 0 Å². The first kappa shape index (κ1) is 17.7. The molecule has 1 aliphatic carbocycles. The lowest BCUT2D eigenvalue weighted by molar-refractivity contribution is -0.124. The van der Waals surface area contributed by atoms with E-state index in [2.05, 4.69) is 22.8 Å². The highest BCUT2D eigenvalue weighted by atomic mass is 16.5. The molecule has 0 bridgehead atoms. The Labute approximate surface area is 159 Å². The molecule has 5 heteroatoms. The van der Waals surface area contributed by atoms with Crippen molar-refractivity contribution in [1.29, 1.82) is 0 Å². The van der Waals surface area contributed by atoms with Crippen molar-refractivity contribution in [2.45, 2.75) is 44.2 Å². The normalized spacial score (nSPS) is 21.3. The number of anilines is 1. The van der Waals surface area contributed by atoms with Crippen LogP contribution < -0.4 is 10.6 Å². The first-order chi connectivity index (χ1) is 13.2. The number of benzene rings is 2. The summed E-state index contributed by atoms with van der Waals surface area (Å²) in [6.45, 7) is 0.628. The molecule has 2 aliphatic rings. The third-order valence-corrected chi connectivity index (χ3v) is 5.29. The van der Waals surface area contributed by atoms with E-state index < -0.39 is 0 Å². The van der Waals surface area contributed by atoms with Gasteiger partial charge in [0.15, 0.2) is 0 Å². The first-order valence-electron chi connectivity index (χ1n) is 9.62. The van der Waals surface area contributed by atoms with Crippen molar-refractivity contribution in [2.24, 2.45) is 0 Å². The second-order valence-electron chi connectivity index (χ2n) is 7.19. The maximum atomic E-state index is 12.8. The van der Waals surface area contributed by atoms with Crippen LogP contribution in [-0.4, -0.2) is 24.5 Å². The number of carbonyl (C=O) groups excluding carboxylic acids is 2. The summed E-state index contributed by atoms with van der Waals surface area (Å²) >= 11 is 0. The van der Waals surface area contributed by atoms with E-state index in [0.29, 0.717) is 17.9 Å². The van der Waals surface area contributed by atoms with Crippen LogP contribution in [0.2, 0.25) is 0 Å². The number of fused-ring (bicyclic) bond motifs is 1. The molecule has 140 valence electrons. The lowest BCUT2D eigenvalue weighted by Crippen LogP contribution is -2.31. The predicted molar refractivity (Wildman–Crippen MR) is 104 cm³/mol. The van der Waals surface area contributed by atoms with Gasteiger partial charge in [0, 0.05) is 17.9 Å². The molecule has 0 aromatic heterocycles. The van der Waals surface area contributed by atoms with Crippen LogP contribution in [0.4, 0.5) is 5.69 Å². The molecule has 0 radical (unpaired) electrons. The van der Waals surface area contributed by atoms with Crippen LogP contribution in [0.1, 0.15) is 53.2 Å². The van der Waals surface area contributed by atoms with E-state index in [1.54, 1.807) is 24.3 Å². The van der Waals surface area contributed by atoms with Gasteiger partial charge in [-0.1, -0.05) is 30.3 Å². The monoisotopic (exact) mass is 364 g/mol. The van der Waals surface area contributed by atoms with Crippen molar-refractivity contribution in [3.05, 3.63) is 65.2 Å². The van der Waals surface area contributed by atoms with Gasteiger partial charge in [0.05, 0.1) is 6.04 Å². The van der Waals surface area contributed by atoms with Crippen molar-refractivity contribution >= 4 is 17.5 Å². The Hall–Kier alpha value is -2.66. The van der Waals surface area contributed by atoms with Gasteiger partial charge >= 0.3 is 0 Å². The number of rotatable bonds is 4. The van der Waals surface area contributed by atoms with Crippen molar-refractivity contribution < 1.29 is 14.3 Å². The largest absolute Gasteiger partial charge is 0.368 e. The summed E-state index contributed by atoms with van der Waals surface area (Å²) in [6.07, 6.45) is 4.34. The molecular weight excluding hydrogens is 340 g/mol. The number of nitrogens with one attached hydrogen (secondary N) is 2. The molecule has 0 spiro atoms. The summed E-state index contributed by atoms with van der Waals surface area (Å²) in [5, 5.41) is 6.01. The molecule has 2 N–H and O–H groups in total. The number of hydrogen-bond donors (Lipinski definition) is 2. The summed E-state index contributed by atoms with van der Waals surface area (Å²) in [5.74, 6) is -0.267. The van der Waals surface area contributed by atoms with E-state index in [-0.39, 0.29) is 24.0 Å². The van der Waals surface area contributed by atoms with Crippen LogP contribution in [0, 0.1) is 0 Å². The highest BCUT2D eigenvalue weighted by Crippen LogP contribution is 2.29. The molecule has 2 amide bonds. The van der Waals surface area contributed by atoms with E-state index in [4.69, 9.17) is 4.74 Å². The highest BCUT2D eigenvalue weighted by Gasteiger charge is 2.24. The van der Waals surface area contributed by atoms with Gasteiger partial charge in [-0.25, -0.2) is 0 Å². The van der Waals surface area contributed by atoms with E-state index >= 15 is 0 Å². The van der Waals surface area contributed by atoms with Crippen molar-refractivity contribution in [3.8, 4) is 0 Å². The molecule has 1 heterocycles. The first-order valence-corrected chi connectivity index (χ1v) is 9.62. The van der Waals surface area contributed by atoms with Crippen molar-refractivity contribution in [2.75, 3.05) is 11.9 Å². The zero-order valence-electron chi connectivity index (χ0n) is 15.2. The molecule has 2 atom stereocenters. The smallest absolute Gasteiger partial charge is 0.253 e. The van der Waals surface area contributed by atoms with Crippen molar-refractivity contribution in [1.82, 2.24) is 5.32 Å². The second-order valence-corrected chi connectivity index (χ2v) is 7.19. The number of amides is 2. The van der Waals surface area contributed by atoms with Crippen LogP contribution in [0.15, 0.2) is 48.5 Å². The fourth-order valence-electron chi connectivity index (χ4n) is 3.89. The van der Waals surface area contributed by atoms with Gasteiger partial charge in [-0.2, -0.15) is 0 Å². The highest BCUT2D eigenvalue weighted by molar-refractivity contribution is 5.98. The Balaban J connectivity index is 1.44.